The van der Waals surface area contributed by atoms with Gasteiger partial charge in [-0.2, -0.15) is 0 Å². The molecular weight excluding hydrogens is 167 g/mol. The summed E-state index contributed by atoms with van der Waals surface area (Å²) < 4.78 is 13.6. The van der Waals surface area contributed by atoms with E-state index in [1.165, 1.54) is 0 Å². The van der Waals surface area contributed by atoms with Crippen molar-refractivity contribution in [1.29, 1.82) is 0 Å². The number of halogens is 1. The third-order valence-electron chi connectivity index (χ3n) is 2.78. The predicted octanol–water partition coefficient (Wildman–Crippen LogP) is 1.72. The molecule has 0 unspecified atom stereocenters. The van der Waals surface area contributed by atoms with Crippen LogP contribution in [0, 0.1) is 0 Å². The van der Waals surface area contributed by atoms with E-state index in [2.05, 4.69) is 32.6 Å². The van der Waals surface area contributed by atoms with Gasteiger partial charge in [0.2, 0.25) is 0 Å². The minimum absolute atomic E-state index is 0.323. The summed E-state index contributed by atoms with van der Waals surface area (Å²) in [4.78, 5) is 4.13. The normalized spacial score (nSPS) is 27.5. The van der Waals surface area contributed by atoms with E-state index in [1.54, 1.807) is 0 Å². The quantitative estimate of drug-likeness (QED) is 0.609. The van der Waals surface area contributed by atoms with Crippen LogP contribution in [0.1, 0.15) is 27.7 Å². The number of nitrogens with zero attached hydrogens (tertiary/aromatic N) is 2. The summed E-state index contributed by atoms with van der Waals surface area (Å²) in [5.74, 6) is 0. The van der Waals surface area contributed by atoms with Gasteiger partial charge < -0.3 is 0 Å². The molecule has 78 valence electrons. The molecule has 0 aromatic heterocycles. The Labute approximate surface area is 80.7 Å². The maximum Gasteiger partial charge on any atom is 0.166 e. The van der Waals surface area contributed by atoms with E-state index < -0.39 is 6.30 Å². The Morgan fingerprint density at radius 3 is 2.08 bits per heavy atom. The van der Waals surface area contributed by atoms with Crippen molar-refractivity contribution in [2.24, 2.45) is 0 Å². The lowest BCUT2D eigenvalue weighted by atomic mass is 10.2. The molecule has 0 bridgehead atoms. The third-order valence-corrected chi connectivity index (χ3v) is 2.78. The fourth-order valence-electron chi connectivity index (χ4n) is 1.82. The lowest BCUT2D eigenvalue weighted by molar-refractivity contribution is -0.0286. The van der Waals surface area contributed by atoms with Crippen molar-refractivity contribution >= 4 is 0 Å². The van der Waals surface area contributed by atoms with Gasteiger partial charge in [-0.3, -0.25) is 9.80 Å². The Kier molecular flexibility index (Phi) is 3.68. The summed E-state index contributed by atoms with van der Waals surface area (Å²) in [7, 11) is 0. The molecule has 0 aliphatic carbocycles. The van der Waals surface area contributed by atoms with Crippen molar-refractivity contribution in [3.63, 3.8) is 0 Å². The summed E-state index contributed by atoms with van der Waals surface area (Å²) in [5.41, 5.74) is 0. The Balaban J connectivity index is 2.46. The second-order valence-electron chi connectivity index (χ2n) is 4.35. The van der Waals surface area contributed by atoms with Crippen LogP contribution < -0.4 is 0 Å². The van der Waals surface area contributed by atoms with E-state index in [0.717, 1.165) is 13.1 Å². The first kappa shape index (κ1) is 10.9. The molecule has 0 radical (unpaired) electrons. The number of hydrogen-bond acceptors (Lipinski definition) is 2. The lowest BCUT2D eigenvalue weighted by Crippen LogP contribution is -2.55. The summed E-state index contributed by atoms with van der Waals surface area (Å²) in [5, 5.41) is 0. The molecule has 1 rings (SSSR count). The van der Waals surface area contributed by atoms with Gasteiger partial charge in [0.25, 0.3) is 0 Å². The van der Waals surface area contributed by atoms with Gasteiger partial charge in [0.05, 0.1) is 0 Å². The van der Waals surface area contributed by atoms with Gasteiger partial charge in [-0.15, -0.1) is 0 Å². The lowest BCUT2D eigenvalue weighted by Gasteiger charge is -2.41. The van der Waals surface area contributed by atoms with Gasteiger partial charge in [0, 0.05) is 31.7 Å². The van der Waals surface area contributed by atoms with Crippen molar-refractivity contribution < 1.29 is 4.39 Å². The van der Waals surface area contributed by atoms with Crippen LogP contribution in [0.15, 0.2) is 0 Å². The minimum atomic E-state index is -0.781. The van der Waals surface area contributed by atoms with E-state index in [4.69, 9.17) is 0 Å². The Morgan fingerprint density at radius 1 is 1.08 bits per heavy atom. The number of alkyl halides is 1. The molecule has 1 fully saturated rings. The van der Waals surface area contributed by atoms with Crippen LogP contribution in [0.3, 0.4) is 0 Å². The van der Waals surface area contributed by atoms with E-state index in [0.29, 0.717) is 18.6 Å². The molecule has 2 nitrogen and oxygen atoms in total. The van der Waals surface area contributed by atoms with E-state index in [-0.39, 0.29) is 0 Å². The van der Waals surface area contributed by atoms with Crippen LogP contribution in [0.25, 0.3) is 0 Å². The van der Waals surface area contributed by atoms with Crippen LogP contribution in [0.4, 0.5) is 4.39 Å². The molecule has 1 atom stereocenters. The van der Waals surface area contributed by atoms with Crippen LogP contribution in [-0.2, 0) is 0 Å². The Hall–Kier alpha value is -0.150. The highest BCUT2D eigenvalue weighted by molar-refractivity contribution is 4.79. The van der Waals surface area contributed by atoms with Crippen LogP contribution in [0.5, 0.6) is 0 Å². The third kappa shape index (κ3) is 2.64. The van der Waals surface area contributed by atoms with Gasteiger partial charge in [0.1, 0.15) is 0 Å². The first-order chi connectivity index (χ1) is 6.02. The summed E-state index contributed by atoms with van der Waals surface area (Å²) in [6.07, 6.45) is -0.781. The number of hydrogen-bond donors (Lipinski definition) is 0. The fraction of sp³-hybridized carbons (Fsp3) is 1.00. The monoisotopic (exact) mass is 188 g/mol. The van der Waals surface area contributed by atoms with Gasteiger partial charge >= 0.3 is 0 Å². The van der Waals surface area contributed by atoms with Crippen molar-refractivity contribution in [3.05, 3.63) is 0 Å². The number of rotatable bonds is 2. The molecule has 1 aliphatic heterocycles. The molecule has 13 heavy (non-hydrogen) atoms. The SMILES string of the molecule is CC(C)N1CCN(C(C)C)[C@H](F)C1. The van der Waals surface area contributed by atoms with Crippen molar-refractivity contribution in [3.8, 4) is 0 Å². The van der Waals surface area contributed by atoms with E-state index in [9.17, 15) is 4.39 Å². The molecule has 0 N–H and O–H groups in total. The van der Waals surface area contributed by atoms with Crippen LogP contribution in [-0.4, -0.2) is 47.8 Å². The minimum Gasteiger partial charge on any atom is -0.295 e. The zero-order valence-corrected chi connectivity index (χ0v) is 9.13. The zero-order chi connectivity index (χ0) is 10.0. The molecule has 3 heteroatoms. The largest absolute Gasteiger partial charge is 0.295 e. The Bertz CT molecular complexity index is 159. The molecule has 0 saturated carbocycles. The summed E-state index contributed by atoms with van der Waals surface area (Å²) in [6.45, 7) is 10.8. The van der Waals surface area contributed by atoms with Gasteiger partial charge in [-0.05, 0) is 27.7 Å². The average molecular weight is 188 g/mol. The maximum atomic E-state index is 13.6. The summed E-state index contributed by atoms with van der Waals surface area (Å²) >= 11 is 0. The maximum absolute atomic E-state index is 13.6. The highest BCUT2D eigenvalue weighted by atomic mass is 19.1. The van der Waals surface area contributed by atoms with Gasteiger partial charge in [0.15, 0.2) is 6.30 Å². The van der Waals surface area contributed by atoms with Crippen molar-refractivity contribution in [2.75, 3.05) is 19.6 Å². The van der Waals surface area contributed by atoms with Gasteiger partial charge in [-0.25, -0.2) is 4.39 Å². The molecule has 0 spiro atoms. The molecule has 0 amide bonds. The van der Waals surface area contributed by atoms with E-state index in [1.807, 2.05) is 4.90 Å². The second kappa shape index (κ2) is 4.38. The zero-order valence-electron chi connectivity index (χ0n) is 9.13. The Morgan fingerprint density at radius 2 is 1.69 bits per heavy atom. The topological polar surface area (TPSA) is 6.48 Å². The first-order valence-corrected chi connectivity index (χ1v) is 5.16. The first-order valence-electron chi connectivity index (χ1n) is 5.16. The van der Waals surface area contributed by atoms with Crippen LogP contribution in [0.2, 0.25) is 0 Å². The number of piperazine rings is 1. The predicted molar refractivity (Wildman–Crippen MR) is 53.4 cm³/mol. The average Bonchev–Trinajstić information content (AvgIpc) is 2.03. The smallest absolute Gasteiger partial charge is 0.166 e. The molecule has 0 aromatic rings. The molecule has 1 saturated heterocycles. The fourth-order valence-corrected chi connectivity index (χ4v) is 1.82. The molecule has 0 aromatic carbocycles. The molecule has 1 aliphatic rings. The highest BCUT2D eigenvalue weighted by Gasteiger charge is 2.29. The van der Waals surface area contributed by atoms with Crippen molar-refractivity contribution in [1.82, 2.24) is 9.80 Å². The van der Waals surface area contributed by atoms with Crippen LogP contribution >= 0.6 is 0 Å². The summed E-state index contributed by atoms with van der Waals surface area (Å²) in [6, 6.07) is 0.789. The van der Waals surface area contributed by atoms with Gasteiger partial charge in [-0.1, -0.05) is 0 Å². The highest BCUT2D eigenvalue weighted by Crippen LogP contribution is 2.15. The standard InChI is InChI=1S/C10H21FN2/c1-8(2)12-5-6-13(9(3)4)10(11)7-12/h8-10H,5-7H2,1-4H3/t10-/m0/s1. The van der Waals surface area contributed by atoms with Crippen molar-refractivity contribution in [2.45, 2.75) is 46.1 Å². The molecule has 1 heterocycles. The van der Waals surface area contributed by atoms with E-state index >= 15 is 0 Å². The molecular formula is C10H21FN2. The second-order valence-corrected chi connectivity index (χ2v) is 4.35.